The third-order valence-electron chi connectivity index (χ3n) is 3.04. The number of nitrogen functional groups attached to an aromatic ring is 1. The lowest BCUT2D eigenvalue weighted by molar-refractivity contribution is 0.189. The zero-order valence-corrected chi connectivity index (χ0v) is 12.3. The predicted octanol–water partition coefficient (Wildman–Crippen LogP) is 1.10. The second-order valence-corrected chi connectivity index (χ2v) is 7.21. The Hall–Kier alpha value is -0.630. The van der Waals surface area contributed by atoms with Gasteiger partial charge in [0, 0.05) is 23.2 Å². The molecule has 1 fully saturated rings. The highest BCUT2D eigenvalue weighted by Crippen LogP contribution is 2.29. The number of aryl methyl sites for hydroxylation is 1. The average Bonchev–Trinajstić information content (AvgIpc) is 2.70. The van der Waals surface area contributed by atoms with Crippen LogP contribution in [0, 0.1) is 6.92 Å². The summed E-state index contributed by atoms with van der Waals surface area (Å²) in [5.74, 6) is 0. The number of nitrogens with zero attached hydrogens (tertiary/aromatic N) is 1. The quantitative estimate of drug-likeness (QED) is 0.793. The second-order valence-electron chi connectivity index (χ2n) is 4.44. The highest BCUT2D eigenvalue weighted by atomic mass is 79.9. The van der Waals surface area contributed by atoms with Crippen molar-refractivity contribution in [1.29, 1.82) is 0 Å². The number of aliphatic hydroxyl groups is 1. The van der Waals surface area contributed by atoms with Gasteiger partial charge >= 0.3 is 0 Å². The van der Waals surface area contributed by atoms with Crippen molar-refractivity contribution in [3.05, 3.63) is 22.2 Å². The molecule has 1 aliphatic rings. The Bertz CT molecular complexity index is 574. The molecule has 0 amide bonds. The van der Waals surface area contributed by atoms with Crippen molar-refractivity contribution in [3.8, 4) is 0 Å². The molecule has 7 heteroatoms. The number of halogens is 1. The van der Waals surface area contributed by atoms with Crippen molar-refractivity contribution >= 4 is 31.6 Å². The molecule has 1 aromatic carbocycles. The first-order valence-corrected chi connectivity index (χ1v) is 7.79. The van der Waals surface area contributed by atoms with Crippen LogP contribution in [-0.2, 0) is 10.0 Å². The first-order chi connectivity index (χ1) is 8.32. The van der Waals surface area contributed by atoms with Gasteiger partial charge in [0.25, 0.3) is 0 Å². The first-order valence-electron chi connectivity index (χ1n) is 5.56. The molecule has 0 saturated carbocycles. The van der Waals surface area contributed by atoms with Crippen LogP contribution in [0.1, 0.15) is 12.0 Å². The van der Waals surface area contributed by atoms with Crippen LogP contribution < -0.4 is 5.73 Å². The van der Waals surface area contributed by atoms with E-state index in [9.17, 15) is 13.5 Å². The van der Waals surface area contributed by atoms with Gasteiger partial charge in [-0.25, -0.2) is 8.42 Å². The SMILES string of the molecule is Cc1cc(Br)c(N)cc1S(=O)(=O)N1CC[C@@H](O)C1. The number of benzene rings is 1. The van der Waals surface area contributed by atoms with Crippen LogP contribution in [0.5, 0.6) is 0 Å². The van der Waals surface area contributed by atoms with Gasteiger partial charge < -0.3 is 10.8 Å². The maximum atomic E-state index is 12.4. The Morgan fingerprint density at radius 3 is 2.72 bits per heavy atom. The van der Waals surface area contributed by atoms with Crippen molar-refractivity contribution in [2.24, 2.45) is 0 Å². The minimum Gasteiger partial charge on any atom is -0.398 e. The highest BCUT2D eigenvalue weighted by molar-refractivity contribution is 9.10. The van der Waals surface area contributed by atoms with E-state index < -0.39 is 16.1 Å². The molecule has 1 atom stereocenters. The van der Waals surface area contributed by atoms with Gasteiger partial charge in [0.05, 0.1) is 11.0 Å². The smallest absolute Gasteiger partial charge is 0.243 e. The molecule has 1 heterocycles. The van der Waals surface area contributed by atoms with Crippen LogP contribution in [0.15, 0.2) is 21.5 Å². The number of β-amino-alcohol motifs (C(OH)–C–C–N with tert-alkyl or cyclic N) is 1. The Balaban J connectivity index is 2.45. The molecule has 100 valence electrons. The molecular formula is C11H15BrN2O3S. The Labute approximate surface area is 115 Å². The minimum atomic E-state index is -3.57. The van der Waals surface area contributed by atoms with Crippen LogP contribution >= 0.6 is 15.9 Å². The van der Waals surface area contributed by atoms with E-state index in [1.165, 1.54) is 10.4 Å². The van der Waals surface area contributed by atoms with E-state index in [-0.39, 0.29) is 11.4 Å². The van der Waals surface area contributed by atoms with Crippen LogP contribution in [-0.4, -0.2) is 37.0 Å². The summed E-state index contributed by atoms with van der Waals surface area (Å²) in [5, 5.41) is 9.44. The largest absolute Gasteiger partial charge is 0.398 e. The molecule has 1 saturated heterocycles. The highest BCUT2D eigenvalue weighted by Gasteiger charge is 2.32. The molecule has 18 heavy (non-hydrogen) atoms. The molecule has 1 aromatic rings. The lowest BCUT2D eigenvalue weighted by Gasteiger charge is -2.18. The van der Waals surface area contributed by atoms with Gasteiger partial charge in [-0.05, 0) is 47.0 Å². The van der Waals surface area contributed by atoms with E-state index in [4.69, 9.17) is 5.73 Å². The fraction of sp³-hybridized carbons (Fsp3) is 0.455. The van der Waals surface area contributed by atoms with Gasteiger partial charge in [-0.3, -0.25) is 0 Å². The maximum absolute atomic E-state index is 12.4. The Kier molecular flexibility index (Phi) is 3.68. The lowest BCUT2D eigenvalue weighted by atomic mass is 10.2. The molecule has 0 unspecified atom stereocenters. The molecular weight excluding hydrogens is 320 g/mol. The normalized spacial score (nSPS) is 21.4. The van der Waals surface area contributed by atoms with Crippen LogP contribution in [0.25, 0.3) is 0 Å². The number of hydrogen-bond donors (Lipinski definition) is 2. The third-order valence-corrected chi connectivity index (χ3v) is 5.73. The summed E-state index contributed by atoms with van der Waals surface area (Å²) in [6, 6.07) is 3.15. The average molecular weight is 335 g/mol. The van der Waals surface area contributed by atoms with Gasteiger partial charge in [0.15, 0.2) is 0 Å². The fourth-order valence-corrected chi connectivity index (χ4v) is 4.21. The van der Waals surface area contributed by atoms with Crippen molar-refractivity contribution in [1.82, 2.24) is 4.31 Å². The van der Waals surface area contributed by atoms with E-state index in [2.05, 4.69) is 15.9 Å². The first kappa shape index (κ1) is 13.8. The van der Waals surface area contributed by atoms with E-state index in [0.29, 0.717) is 28.7 Å². The Morgan fingerprint density at radius 1 is 1.50 bits per heavy atom. The number of hydrogen-bond acceptors (Lipinski definition) is 4. The number of aliphatic hydroxyl groups excluding tert-OH is 1. The van der Waals surface area contributed by atoms with E-state index in [1.54, 1.807) is 13.0 Å². The summed E-state index contributed by atoms with van der Waals surface area (Å²) in [6.45, 7) is 2.22. The number of anilines is 1. The number of nitrogens with two attached hydrogens (primary N) is 1. The summed E-state index contributed by atoms with van der Waals surface area (Å²) in [6.07, 6.45) is -0.0996. The van der Waals surface area contributed by atoms with Gasteiger partial charge in [0.1, 0.15) is 0 Å². The van der Waals surface area contributed by atoms with Crippen LogP contribution in [0.2, 0.25) is 0 Å². The molecule has 5 nitrogen and oxygen atoms in total. The third kappa shape index (κ3) is 2.40. The lowest BCUT2D eigenvalue weighted by Crippen LogP contribution is -2.30. The Morgan fingerprint density at radius 2 is 2.17 bits per heavy atom. The molecule has 0 radical (unpaired) electrons. The zero-order valence-electron chi connectivity index (χ0n) is 9.93. The molecule has 0 aliphatic carbocycles. The molecule has 0 bridgehead atoms. The van der Waals surface area contributed by atoms with Gasteiger partial charge in [0.2, 0.25) is 10.0 Å². The van der Waals surface area contributed by atoms with Crippen LogP contribution in [0.4, 0.5) is 5.69 Å². The molecule has 0 aromatic heterocycles. The zero-order chi connectivity index (χ0) is 13.5. The summed E-state index contributed by atoms with van der Waals surface area (Å²) in [7, 11) is -3.57. The summed E-state index contributed by atoms with van der Waals surface area (Å²) < 4.78 is 26.8. The molecule has 0 spiro atoms. The summed E-state index contributed by atoms with van der Waals surface area (Å²) >= 11 is 3.27. The number of rotatable bonds is 2. The van der Waals surface area contributed by atoms with Crippen molar-refractivity contribution in [2.75, 3.05) is 18.8 Å². The standard InChI is InChI=1S/C11H15BrN2O3S/c1-7-4-9(12)10(13)5-11(7)18(16,17)14-3-2-8(15)6-14/h4-5,8,15H,2-3,6,13H2,1H3/t8-/m1/s1. The maximum Gasteiger partial charge on any atom is 0.243 e. The van der Waals surface area contributed by atoms with Gasteiger partial charge in [-0.2, -0.15) is 4.31 Å². The van der Waals surface area contributed by atoms with Crippen molar-refractivity contribution in [2.45, 2.75) is 24.3 Å². The minimum absolute atomic E-state index is 0.151. The van der Waals surface area contributed by atoms with E-state index >= 15 is 0 Å². The van der Waals surface area contributed by atoms with Crippen molar-refractivity contribution < 1.29 is 13.5 Å². The van der Waals surface area contributed by atoms with E-state index in [0.717, 1.165) is 0 Å². The summed E-state index contributed by atoms with van der Waals surface area (Å²) in [4.78, 5) is 0.206. The number of sulfonamides is 1. The van der Waals surface area contributed by atoms with Gasteiger partial charge in [-0.1, -0.05) is 0 Å². The molecule has 3 N–H and O–H groups in total. The second kappa shape index (κ2) is 4.80. The molecule has 2 rings (SSSR count). The monoisotopic (exact) mass is 334 g/mol. The molecule has 1 aliphatic heterocycles. The van der Waals surface area contributed by atoms with E-state index in [1.807, 2.05) is 0 Å². The predicted molar refractivity (Wildman–Crippen MR) is 72.7 cm³/mol. The summed E-state index contributed by atoms with van der Waals surface area (Å²) in [5.41, 5.74) is 6.76. The van der Waals surface area contributed by atoms with Crippen LogP contribution in [0.3, 0.4) is 0 Å². The topological polar surface area (TPSA) is 83.6 Å². The van der Waals surface area contributed by atoms with Crippen molar-refractivity contribution in [3.63, 3.8) is 0 Å². The fourth-order valence-electron chi connectivity index (χ4n) is 2.01. The van der Waals surface area contributed by atoms with Gasteiger partial charge in [-0.15, -0.1) is 0 Å².